The van der Waals surface area contributed by atoms with Gasteiger partial charge in [-0.15, -0.1) is 0 Å². The monoisotopic (exact) mass is 243 g/mol. The first kappa shape index (κ1) is 11.8. The summed E-state index contributed by atoms with van der Waals surface area (Å²) in [5.74, 6) is 0.926. The summed E-state index contributed by atoms with van der Waals surface area (Å²) in [7, 11) is 0. The standard InChI is InChI=1S/C16H21NO/c1-12-6-5-9-16(12)11-15(18)17-14(16)10-13-7-3-2-4-8-13/h2-4,7-8,12,14H,5-6,9-11H2,1H3,(H,17,18). The highest BCUT2D eigenvalue weighted by Gasteiger charge is 2.51. The molecule has 2 nitrogen and oxygen atoms in total. The molecule has 1 aromatic carbocycles. The van der Waals surface area contributed by atoms with Crippen molar-refractivity contribution in [1.29, 1.82) is 0 Å². The molecule has 1 aromatic rings. The van der Waals surface area contributed by atoms with Crippen LogP contribution in [0, 0.1) is 11.3 Å². The Morgan fingerprint density at radius 1 is 1.33 bits per heavy atom. The van der Waals surface area contributed by atoms with Crippen LogP contribution in [0.25, 0.3) is 0 Å². The molecule has 0 radical (unpaired) electrons. The number of rotatable bonds is 2. The van der Waals surface area contributed by atoms with Crippen molar-refractivity contribution in [3.05, 3.63) is 35.9 Å². The number of hydrogen-bond donors (Lipinski definition) is 1. The van der Waals surface area contributed by atoms with E-state index in [0.29, 0.717) is 12.0 Å². The molecule has 3 atom stereocenters. The highest BCUT2D eigenvalue weighted by atomic mass is 16.2. The van der Waals surface area contributed by atoms with E-state index in [2.05, 4.69) is 36.5 Å². The fourth-order valence-electron chi connectivity index (χ4n) is 3.97. The van der Waals surface area contributed by atoms with Gasteiger partial charge in [-0.05, 0) is 24.3 Å². The van der Waals surface area contributed by atoms with Gasteiger partial charge in [0.05, 0.1) is 0 Å². The first-order valence-electron chi connectivity index (χ1n) is 7.04. The van der Waals surface area contributed by atoms with Gasteiger partial charge in [0.15, 0.2) is 0 Å². The highest BCUT2D eigenvalue weighted by molar-refractivity contribution is 5.80. The molecule has 2 aliphatic rings. The molecule has 1 heterocycles. The Balaban J connectivity index is 1.84. The molecule has 1 saturated heterocycles. The maximum absolute atomic E-state index is 11.8. The molecule has 96 valence electrons. The van der Waals surface area contributed by atoms with Gasteiger partial charge in [0.2, 0.25) is 5.91 Å². The van der Waals surface area contributed by atoms with Crippen LogP contribution in [0.15, 0.2) is 30.3 Å². The lowest BCUT2D eigenvalue weighted by molar-refractivity contribution is -0.119. The Hall–Kier alpha value is -1.31. The minimum absolute atomic E-state index is 0.229. The van der Waals surface area contributed by atoms with Gasteiger partial charge in [0, 0.05) is 17.9 Å². The van der Waals surface area contributed by atoms with Gasteiger partial charge in [-0.1, -0.05) is 50.1 Å². The van der Waals surface area contributed by atoms with Crippen molar-refractivity contribution in [2.75, 3.05) is 0 Å². The number of nitrogens with one attached hydrogen (secondary N) is 1. The van der Waals surface area contributed by atoms with Crippen molar-refractivity contribution in [1.82, 2.24) is 5.32 Å². The zero-order valence-electron chi connectivity index (χ0n) is 11.0. The second kappa shape index (κ2) is 4.42. The van der Waals surface area contributed by atoms with Gasteiger partial charge in [-0.3, -0.25) is 4.79 Å². The molecular formula is C16H21NO. The largest absolute Gasteiger partial charge is 0.352 e. The van der Waals surface area contributed by atoms with Crippen molar-refractivity contribution in [3.63, 3.8) is 0 Å². The van der Waals surface area contributed by atoms with Crippen LogP contribution in [0.2, 0.25) is 0 Å². The Labute approximate surface area is 109 Å². The van der Waals surface area contributed by atoms with Gasteiger partial charge in [0.1, 0.15) is 0 Å². The quantitative estimate of drug-likeness (QED) is 0.850. The molecule has 0 bridgehead atoms. The van der Waals surface area contributed by atoms with E-state index in [1.54, 1.807) is 0 Å². The zero-order chi connectivity index (χ0) is 12.6. The van der Waals surface area contributed by atoms with Crippen molar-refractivity contribution in [2.24, 2.45) is 11.3 Å². The van der Waals surface area contributed by atoms with Gasteiger partial charge in [-0.2, -0.15) is 0 Å². The summed E-state index contributed by atoms with van der Waals surface area (Å²) in [6, 6.07) is 10.9. The molecular weight excluding hydrogens is 222 g/mol. The van der Waals surface area contributed by atoms with Crippen molar-refractivity contribution in [2.45, 2.75) is 45.1 Å². The lowest BCUT2D eigenvalue weighted by Crippen LogP contribution is -2.40. The molecule has 0 aromatic heterocycles. The van der Waals surface area contributed by atoms with Crippen LogP contribution in [0.3, 0.4) is 0 Å². The third-order valence-electron chi connectivity index (χ3n) is 5.06. The Bertz CT molecular complexity index is 442. The first-order chi connectivity index (χ1) is 8.71. The van der Waals surface area contributed by atoms with Crippen LogP contribution >= 0.6 is 0 Å². The highest BCUT2D eigenvalue weighted by Crippen LogP contribution is 2.51. The number of carbonyl (C=O) groups excluding carboxylic acids is 1. The average molecular weight is 243 g/mol. The lowest BCUT2D eigenvalue weighted by Gasteiger charge is -2.34. The van der Waals surface area contributed by atoms with Crippen LogP contribution in [0.1, 0.15) is 38.2 Å². The second-order valence-corrected chi connectivity index (χ2v) is 6.01. The summed E-state index contributed by atoms with van der Waals surface area (Å²) in [5, 5.41) is 3.23. The predicted octanol–water partition coefficient (Wildman–Crippen LogP) is 2.92. The smallest absolute Gasteiger partial charge is 0.220 e. The van der Waals surface area contributed by atoms with E-state index in [9.17, 15) is 4.79 Å². The van der Waals surface area contributed by atoms with E-state index >= 15 is 0 Å². The normalized spacial score (nSPS) is 35.1. The summed E-state index contributed by atoms with van der Waals surface area (Å²) in [5.41, 5.74) is 1.57. The topological polar surface area (TPSA) is 29.1 Å². The van der Waals surface area contributed by atoms with Gasteiger partial charge < -0.3 is 5.32 Å². The Kier molecular flexibility index (Phi) is 2.89. The molecule has 1 amide bonds. The van der Waals surface area contributed by atoms with Crippen molar-refractivity contribution >= 4 is 5.91 Å². The molecule has 18 heavy (non-hydrogen) atoms. The SMILES string of the molecule is CC1CCCC12CC(=O)NC2Cc1ccccc1. The molecule has 1 N–H and O–H groups in total. The first-order valence-corrected chi connectivity index (χ1v) is 7.04. The van der Waals surface area contributed by atoms with Crippen LogP contribution in [0.5, 0.6) is 0 Å². The molecule has 1 aliphatic carbocycles. The van der Waals surface area contributed by atoms with E-state index in [4.69, 9.17) is 0 Å². The van der Waals surface area contributed by atoms with Crippen LogP contribution in [-0.2, 0) is 11.2 Å². The second-order valence-electron chi connectivity index (χ2n) is 6.01. The summed E-state index contributed by atoms with van der Waals surface area (Å²) < 4.78 is 0. The van der Waals surface area contributed by atoms with E-state index in [1.165, 1.54) is 24.8 Å². The van der Waals surface area contributed by atoms with Crippen LogP contribution < -0.4 is 5.32 Å². The molecule has 1 spiro atoms. The third-order valence-corrected chi connectivity index (χ3v) is 5.06. The molecule has 2 heteroatoms. The fourth-order valence-corrected chi connectivity index (χ4v) is 3.97. The molecule has 3 rings (SSSR count). The molecule has 1 aliphatic heterocycles. The molecule has 3 unspecified atom stereocenters. The minimum atomic E-state index is 0.229. The van der Waals surface area contributed by atoms with Crippen molar-refractivity contribution in [3.8, 4) is 0 Å². The average Bonchev–Trinajstić information content (AvgIpc) is 2.87. The fraction of sp³-hybridized carbons (Fsp3) is 0.562. The summed E-state index contributed by atoms with van der Waals surface area (Å²) in [6.07, 6.45) is 5.49. The number of carbonyl (C=O) groups is 1. The zero-order valence-corrected chi connectivity index (χ0v) is 11.0. The minimum Gasteiger partial charge on any atom is -0.352 e. The van der Waals surface area contributed by atoms with Crippen LogP contribution in [-0.4, -0.2) is 11.9 Å². The third kappa shape index (κ3) is 1.84. The maximum atomic E-state index is 11.8. The molecule has 2 fully saturated rings. The predicted molar refractivity (Wildman–Crippen MR) is 72.1 cm³/mol. The summed E-state index contributed by atoms with van der Waals surface area (Å²) in [4.78, 5) is 11.8. The summed E-state index contributed by atoms with van der Waals surface area (Å²) in [6.45, 7) is 2.32. The lowest BCUT2D eigenvalue weighted by atomic mass is 9.71. The van der Waals surface area contributed by atoms with Gasteiger partial charge in [0.25, 0.3) is 0 Å². The van der Waals surface area contributed by atoms with Crippen LogP contribution in [0.4, 0.5) is 0 Å². The van der Waals surface area contributed by atoms with Gasteiger partial charge >= 0.3 is 0 Å². The number of amides is 1. The number of benzene rings is 1. The van der Waals surface area contributed by atoms with Gasteiger partial charge in [-0.25, -0.2) is 0 Å². The number of hydrogen-bond acceptors (Lipinski definition) is 1. The Morgan fingerprint density at radius 3 is 2.78 bits per heavy atom. The van der Waals surface area contributed by atoms with Crippen molar-refractivity contribution < 1.29 is 4.79 Å². The summed E-state index contributed by atoms with van der Waals surface area (Å²) >= 11 is 0. The molecule has 1 saturated carbocycles. The van der Waals surface area contributed by atoms with E-state index in [0.717, 1.165) is 12.8 Å². The van der Waals surface area contributed by atoms with E-state index < -0.39 is 0 Å². The van der Waals surface area contributed by atoms with E-state index in [-0.39, 0.29) is 11.3 Å². The van der Waals surface area contributed by atoms with E-state index in [1.807, 2.05) is 6.07 Å². The maximum Gasteiger partial charge on any atom is 0.220 e. The Morgan fingerprint density at radius 2 is 2.11 bits per heavy atom.